The van der Waals surface area contributed by atoms with E-state index in [1.54, 1.807) is 17.4 Å². The minimum Gasteiger partial charge on any atom is -0.508 e. The molecule has 4 aromatic rings. The average molecular weight is 403 g/mol. The molecule has 0 spiro atoms. The zero-order valence-electron chi connectivity index (χ0n) is 17.3. The van der Waals surface area contributed by atoms with Crippen LogP contribution in [0.25, 0.3) is 20.5 Å². The van der Waals surface area contributed by atoms with Crippen LogP contribution in [0.4, 0.5) is 0 Å². The molecule has 0 fully saturated rings. The van der Waals surface area contributed by atoms with Crippen molar-refractivity contribution in [1.29, 1.82) is 0 Å². The van der Waals surface area contributed by atoms with E-state index in [1.807, 2.05) is 24.3 Å². The summed E-state index contributed by atoms with van der Waals surface area (Å²) >= 11 is 1.67. The van der Waals surface area contributed by atoms with Crippen molar-refractivity contribution in [2.75, 3.05) is 0 Å². The predicted molar refractivity (Wildman–Crippen MR) is 124 cm³/mol. The number of benzene rings is 3. The summed E-state index contributed by atoms with van der Waals surface area (Å²) in [7, 11) is 0. The molecule has 4 rings (SSSR count). The zero-order valence-corrected chi connectivity index (χ0v) is 18.1. The minimum absolute atomic E-state index is 0.273. The number of hydrogen-bond donors (Lipinski definition) is 1. The Morgan fingerprint density at radius 2 is 1.55 bits per heavy atom. The molecule has 0 amide bonds. The van der Waals surface area contributed by atoms with Crippen molar-refractivity contribution in [3.05, 3.63) is 77.9 Å². The highest BCUT2D eigenvalue weighted by molar-refractivity contribution is 7.22. The summed E-state index contributed by atoms with van der Waals surface area (Å²) in [5, 5.41) is 11.0. The van der Waals surface area contributed by atoms with Crippen molar-refractivity contribution in [3.8, 4) is 27.7 Å². The maximum atomic E-state index is 9.98. The van der Waals surface area contributed by atoms with Gasteiger partial charge in [0, 0.05) is 10.1 Å². The molecule has 2 nitrogen and oxygen atoms in total. The molecule has 0 radical (unpaired) electrons. The van der Waals surface area contributed by atoms with Gasteiger partial charge in [0.05, 0.1) is 4.88 Å². The van der Waals surface area contributed by atoms with E-state index in [4.69, 9.17) is 4.74 Å². The molecular weight excluding hydrogens is 376 g/mol. The summed E-state index contributed by atoms with van der Waals surface area (Å²) in [6.07, 6.45) is 0. The molecule has 0 aliphatic rings. The van der Waals surface area contributed by atoms with E-state index in [0.717, 1.165) is 26.5 Å². The van der Waals surface area contributed by atoms with Crippen LogP contribution in [0.15, 0.2) is 66.7 Å². The first-order chi connectivity index (χ1) is 13.9. The van der Waals surface area contributed by atoms with E-state index in [1.165, 1.54) is 16.7 Å². The number of ether oxygens (including phenoxy) is 1. The van der Waals surface area contributed by atoms with Crippen LogP contribution < -0.4 is 4.74 Å². The lowest BCUT2D eigenvalue weighted by atomic mass is 9.96. The van der Waals surface area contributed by atoms with E-state index in [-0.39, 0.29) is 5.75 Å². The quantitative estimate of drug-likeness (QED) is 0.364. The lowest BCUT2D eigenvalue weighted by Crippen LogP contribution is -1.93. The van der Waals surface area contributed by atoms with Gasteiger partial charge in [0.25, 0.3) is 0 Å². The highest BCUT2D eigenvalue weighted by Crippen LogP contribution is 2.48. The van der Waals surface area contributed by atoms with Gasteiger partial charge < -0.3 is 9.84 Å². The highest BCUT2D eigenvalue weighted by Gasteiger charge is 2.20. The fourth-order valence-corrected chi connectivity index (χ4v) is 4.80. The van der Waals surface area contributed by atoms with Crippen molar-refractivity contribution in [3.63, 3.8) is 0 Å². The van der Waals surface area contributed by atoms with Crippen LogP contribution in [-0.2, 0) is 0 Å². The second-order valence-electron chi connectivity index (χ2n) is 8.01. The summed E-state index contributed by atoms with van der Waals surface area (Å²) < 4.78 is 7.48. The van der Waals surface area contributed by atoms with E-state index in [2.05, 4.69) is 64.1 Å². The normalized spacial score (nSPS) is 11.5. The van der Waals surface area contributed by atoms with Crippen LogP contribution in [0.2, 0.25) is 0 Å². The van der Waals surface area contributed by atoms with Crippen molar-refractivity contribution in [2.24, 2.45) is 0 Å². The number of rotatable bonds is 5. The fourth-order valence-electron chi connectivity index (χ4n) is 3.59. The first-order valence-corrected chi connectivity index (χ1v) is 10.9. The van der Waals surface area contributed by atoms with Gasteiger partial charge in [-0.1, -0.05) is 64.1 Å². The van der Waals surface area contributed by atoms with Crippen molar-refractivity contribution in [2.45, 2.75) is 39.5 Å². The monoisotopic (exact) mass is 402 g/mol. The van der Waals surface area contributed by atoms with E-state index < -0.39 is 0 Å². The Labute approximate surface area is 176 Å². The van der Waals surface area contributed by atoms with Crippen LogP contribution in [0.3, 0.4) is 0 Å². The molecule has 0 atom stereocenters. The van der Waals surface area contributed by atoms with E-state index >= 15 is 0 Å². The summed E-state index contributed by atoms with van der Waals surface area (Å²) in [5.74, 6) is 2.85. The maximum Gasteiger partial charge on any atom is 0.153 e. The minimum atomic E-state index is 0.273. The molecule has 0 saturated carbocycles. The van der Waals surface area contributed by atoms with Crippen molar-refractivity contribution >= 4 is 21.4 Å². The van der Waals surface area contributed by atoms with Crippen LogP contribution >= 0.6 is 11.3 Å². The molecule has 1 aromatic heterocycles. The molecule has 29 heavy (non-hydrogen) atoms. The molecule has 1 N–H and O–H groups in total. The average Bonchev–Trinajstić information content (AvgIpc) is 3.05. The van der Waals surface area contributed by atoms with Gasteiger partial charge in [0.1, 0.15) is 11.5 Å². The third kappa shape index (κ3) is 3.88. The van der Waals surface area contributed by atoms with Crippen molar-refractivity contribution < 1.29 is 9.84 Å². The molecule has 3 aromatic carbocycles. The Hall–Kier alpha value is -2.78. The number of phenols is 1. The second kappa shape index (κ2) is 7.92. The molecule has 3 heteroatoms. The first-order valence-electron chi connectivity index (χ1n) is 10.1. The second-order valence-corrected chi connectivity index (χ2v) is 9.06. The van der Waals surface area contributed by atoms with Gasteiger partial charge in [0.15, 0.2) is 5.75 Å². The molecule has 0 bridgehead atoms. The van der Waals surface area contributed by atoms with Crippen molar-refractivity contribution in [1.82, 2.24) is 0 Å². The molecule has 0 aliphatic heterocycles. The van der Waals surface area contributed by atoms with E-state index in [0.29, 0.717) is 11.8 Å². The first kappa shape index (κ1) is 19.5. The number of fused-ring (bicyclic) bond motifs is 1. The molecule has 0 aliphatic carbocycles. The molecule has 0 unspecified atom stereocenters. The Morgan fingerprint density at radius 1 is 0.828 bits per heavy atom. The molecular formula is C26H26O2S. The number of hydrogen-bond acceptors (Lipinski definition) is 3. The summed E-state index contributed by atoms with van der Waals surface area (Å²) in [6, 6.07) is 22.3. The summed E-state index contributed by atoms with van der Waals surface area (Å²) in [6.45, 7) is 8.80. The van der Waals surface area contributed by atoms with Crippen LogP contribution in [0, 0.1) is 0 Å². The largest absolute Gasteiger partial charge is 0.508 e. The highest BCUT2D eigenvalue weighted by atomic mass is 32.1. The lowest BCUT2D eigenvalue weighted by molar-refractivity contribution is 0.476. The van der Waals surface area contributed by atoms with Gasteiger partial charge in [0.2, 0.25) is 0 Å². The van der Waals surface area contributed by atoms with Crippen LogP contribution in [0.1, 0.15) is 50.7 Å². The van der Waals surface area contributed by atoms with E-state index in [9.17, 15) is 5.11 Å². The Morgan fingerprint density at radius 3 is 2.24 bits per heavy atom. The molecule has 0 saturated heterocycles. The number of aromatic hydroxyl groups is 1. The van der Waals surface area contributed by atoms with Crippen LogP contribution in [-0.4, -0.2) is 5.11 Å². The Balaban J connectivity index is 1.87. The third-order valence-electron chi connectivity index (χ3n) is 5.22. The van der Waals surface area contributed by atoms with Crippen LogP contribution in [0.5, 0.6) is 17.2 Å². The Kier molecular flexibility index (Phi) is 5.33. The van der Waals surface area contributed by atoms with Gasteiger partial charge in [-0.15, -0.1) is 11.3 Å². The Bertz CT molecular complexity index is 1140. The third-order valence-corrected chi connectivity index (χ3v) is 6.39. The van der Waals surface area contributed by atoms with Gasteiger partial charge in [-0.3, -0.25) is 0 Å². The molecule has 1 heterocycles. The standard InChI is InChI=1S/C26H26O2S/c1-16(2)18-9-12-20(13-10-18)28-25-23-14-11-19(27)15-24(23)29-26(25)22-8-6-5-7-21(22)17(3)4/h5-17,27H,1-4H3. The SMILES string of the molecule is CC(C)c1ccc(Oc2c(-c3ccccc3C(C)C)sc3cc(O)ccc23)cc1. The summed E-state index contributed by atoms with van der Waals surface area (Å²) in [5.41, 5.74) is 3.78. The van der Waals surface area contributed by atoms with Gasteiger partial charge in [-0.25, -0.2) is 0 Å². The fraction of sp³-hybridized carbons (Fsp3) is 0.231. The number of phenolic OH excluding ortho intramolecular Hbond substituents is 1. The maximum absolute atomic E-state index is 9.98. The molecule has 148 valence electrons. The van der Waals surface area contributed by atoms with Gasteiger partial charge in [-0.2, -0.15) is 0 Å². The van der Waals surface area contributed by atoms with Gasteiger partial charge in [-0.05, 0) is 58.9 Å². The van der Waals surface area contributed by atoms with Gasteiger partial charge >= 0.3 is 0 Å². The predicted octanol–water partition coefficient (Wildman–Crippen LogP) is 8.31. The lowest BCUT2D eigenvalue weighted by Gasteiger charge is -2.14. The zero-order chi connectivity index (χ0) is 20.5. The smallest absolute Gasteiger partial charge is 0.153 e. The summed E-state index contributed by atoms with van der Waals surface area (Å²) in [4.78, 5) is 1.10. The topological polar surface area (TPSA) is 29.5 Å². The number of thiophene rings is 1.